The minimum Gasteiger partial charge on any atom is -0.479 e. The molecule has 32 heavy (non-hydrogen) atoms. The number of thiazole rings is 1. The molecule has 0 unspecified atom stereocenters. The molecule has 2 amide bonds. The minimum absolute atomic E-state index is 0. The first-order chi connectivity index (χ1) is 13.7. The maximum Gasteiger partial charge on any atom is 0.350 e. The van der Waals surface area contributed by atoms with Crippen molar-refractivity contribution in [1.29, 1.82) is 0 Å². The van der Waals surface area contributed by atoms with Gasteiger partial charge in [-0.2, -0.15) is 0 Å². The molecule has 1 atom stereocenters. The number of amides is 2. The molecule has 0 saturated carbocycles. The van der Waals surface area contributed by atoms with Gasteiger partial charge in [0.05, 0.1) is 6.54 Å². The minimum atomic E-state index is -1.73. The third-order valence-corrected chi connectivity index (χ3v) is 4.58. The second-order valence-electron chi connectivity index (χ2n) is 7.25. The van der Waals surface area contributed by atoms with Crippen LogP contribution in [-0.4, -0.2) is 133 Å². The number of carboxylic acids is 2. The number of rotatable bonds is 9. The van der Waals surface area contributed by atoms with Gasteiger partial charge >= 0.3 is 11.9 Å². The van der Waals surface area contributed by atoms with Crippen molar-refractivity contribution in [1.82, 2.24) is 15.4 Å². The first-order valence-electron chi connectivity index (χ1n) is 8.50. The van der Waals surface area contributed by atoms with Crippen molar-refractivity contribution in [2.24, 2.45) is 5.16 Å². The van der Waals surface area contributed by atoms with Crippen molar-refractivity contribution >= 4 is 105 Å². The van der Waals surface area contributed by atoms with Gasteiger partial charge in [0.2, 0.25) is 5.60 Å². The quantitative estimate of drug-likeness (QED) is 0.140. The predicted molar refractivity (Wildman–Crippen MR) is 114 cm³/mol. The molecule has 0 aromatic carbocycles. The van der Waals surface area contributed by atoms with Crippen LogP contribution >= 0.6 is 11.3 Å². The van der Waals surface area contributed by atoms with Crippen LogP contribution in [0, 0.1) is 0 Å². The van der Waals surface area contributed by atoms with Crippen molar-refractivity contribution in [3.8, 4) is 0 Å². The zero-order valence-corrected chi connectivity index (χ0v) is 23.3. The van der Waals surface area contributed by atoms with Crippen LogP contribution in [0.2, 0.25) is 0 Å². The summed E-state index contributed by atoms with van der Waals surface area (Å²) >= 11 is 1.02. The van der Waals surface area contributed by atoms with E-state index >= 15 is 0 Å². The third kappa shape index (κ3) is 7.38. The summed E-state index contributed by atoms with van der Waals surface area (Å²) in [5.41, 5.74) is 1.86. The number of β-lactam (4-membered cyclic amide) rings is 1. The maximum absolute atomic E-state index is 12.6. The molecule has 1 aromatic rings. The maximum atomic E-state index is 12.6. The Morgan fingerprint density at radius 2 is 1.78 bits per heavy atom. The summed E-state index contributed by atoms with van der Waals surface area (Å²) in [4.78, 5) is 61.1. The number of nitrogens with zero attached hydrogens (tertiary/aromatic N) is 3. The average Bonchev–Trinajstić information content (AvgIpc) is 3.06. The van der Waals surface area contributed by atoms with Gasteiger partial charge in [-0.15, -0.1) is 11.3 Å². The number of nitrogen functional groups attached to an aromatic ring is 1. The van der Waals surface area contributed by atoms with Crippen LogP contribution in [0.5, 0.6) is 0 Å². The molecule has 13 nitrogen and oxygen atoms in total. The van der Waals surface area contributed by atoms with Crippen molar-refractivity contribution in [2.75, 3.05) is 12.3 Å². The fourth-order valence-corrected chi connectivity index (χ4v) is 2.47. The Labute approximate surface area is 231 Å². The van der Waals surface area contributed by atoms with Crippen LogP contribution in [0.15, 0.2) is 10.5 Å². The van der Waals surface area contributed by atoms with Gasteiger partial charge in [0.1, 0.15) is 11.7 Å². The second-order valence-corrected chi connectivity index (χ2v) is 8.14. The summed E-state index contributed by atoms with van der Waals surface area (Å²) in [5.74, 6) is -4.11. The number of hydrogen-bond donors (Lipinski definition) is 4. The van der Waals surface area contributed by atoms with Crippen molar-refractivity contribution in [2.45, 2.75) is 44.9 Å². The van der Waals surface area contributed by atoms with Gasteiger partial charge in [-0.05, 0) is 27.7 Å². The number of aromatic nitrogens is 1. The van der Waals surface area contributed by atoms with Crippen LogP contribution < -0.4 is 11.1 Å². The Kier molecular flexibility index (Phi) is 11.3. The molecule has 5 N–H and O–H groups in total. The smallest absolute Gasteiger partial charge is 0.350 e. The van der Waals surface area contributed by atoms with Gasteiger partial charge in [0.25, 0.3) is 11.8 Å². The molecular formula is C16H21N5Na2O8S. The molecular weight excluding hydrogens is 468 g/mol. The molecule has 0 bridgehead atoms. The number of hydrogen-bond acceptors (Lipinski definition) is 10. The standard InChI is InChI=1S/C16H21N5O8S.2Na/c1-15(2,12(24)25)28-20-9(8-6-30-14(17)19-8)10(22)18-7-5-21(11(7)23)29-16(3,4)13(26)27;;/h6-7H,5H2,1-4H3,(H2,17,19)(H,18,22)(H,24,25)(H,26,27);;/t7-;;/m0../s1. The Balaban J connectivity index is 0.00000480. The van der Waals surface area contributed by atoms with E-state index in [1.165, 1.54) is 33.1 Å². The van der Waals surface area contributed by atoms with Gasteiger partial charge in [0.15, 0.2) is 16.4 Å². The fraction of sp³-hybridized carbons (Fsp3) is 0.500. The molecule has 0 spiro atoms. The van der Waals surface area contributed by atoms with E-state index in [-0.39, 0.29) is 82.2 Å². The number of anilines is 1. The summed E-state index contributed by atoms with van der Waals surface area (Å²) in [6.45, 7) is 4.91. The van der Waals surface area contributed by atoms with Gasteiger partial charge < -0.3 is 26.1 Å². The van der Waals surface area contributed by atoms with Gasteiger partial charge in [0, 0.05) is 64.5 Å². The van der Waals surface area contributed by atoms with Crippen LogP contribution in [0.3, 0.4) is 0 Å². The van der Waals surface area contributed by atoms with E-state index in [1.54, 1.807) is 0 Å². The molecule has 1 fully saturated rings. The predicted octanol–water partition coefficient (Wildman–Crippen LogP) is -1.33. The zero-order valence-electron chi connectivity index (χ0n) is 18.5. The molecule has 1 aromatic heterocycles. The molecule has 1 aliphatic rings. The molecule has 0 aliphatic carbocycles. The van der Waals surface area contributed by atoms with E-state index in [0.29, 0.717) is 0 Å². The van der Waals surface area contributed by atoms with Crippen molar-refractivity contribution < 1.29 is 39.1 Å². The van der Waals surface area contributed by atoms with Crippen molar-refractivity contribution in [3.05, 3.63) is 11.1 Å². The summed E-state index contributed by atoms with van der Waals surface area (Å²) in [6, 6.07) is -1.00. The third-order valence-electron chi connectivity index (χ3n) is 3.91. The first-order valence-corrected chi connectivity index (χ1v) is 9.38. The van der Waals surface area contributed by atoms with E-state index in [9.17, 15) is 19.2 Å². The SMILES string of the molecule is CC(C)(ON=C(C(=O)N[C@H]1CN(OC(C)(C)C(=O)O)C1=O)c1csc(N)n1)C(=O)O.[Na].[Na]. The van der Waals surface area contributed by atoms with Crippen LogP contribution in [0.4, 0.5) is 5.13 Å². The number of carbonyl (C=O) groups is 4. The van der Waals surface area contributed by atoms with Gasteiger partial charge in [-0.25, -0.2) is 19.6 Å². The zero-order chi connectivity index (χ0) is 22.9. The number of nitrogens with one attached hydrogen (secondary N) is 1. The normalized spacial score (nSPS) is 16.2. The molecule has 166 valence electrons. The monoisotopic (exact) mass is 489 g/mol. The van der Waals surface area contributed by atoms with E-state index in [1.807, 2.05) is 0 Å². The second kappa shape index (κ2) is 11.7. The van der Waals surface area contributed by atoms with E-state index < -0.39 is 41.0 Å². The van der Waals surface area contributed by atoms with Crippen molar-refractivity contribution in [3.63, 3.8) is 0 Å². The summed E-state index contributed by atoms with van der Waals surface area (Å²) in [5, 5.41) is 26.6. The average molecular weight is 489 g/mol. The number of nitrogens with two attached hydrogens (primary N) is 1. The molecule has 1 aliphatic heterocycles. The number of aliphatic carboxylic acids is 2. The molecule has 2 heterocycles. The Morgan fingerprint density at radius 1 is 1.22 bits per heavy atom. The molecule has 16 heteroatoms. The molecule has 2 radical (unpaired) electrons. The summed E-state index contributed by atoms with van der Waals surface area (Å²) in [6.07, 6.45) is 0. The summed E-state index contributed by atoms with van der Waals surface area (Å²) < 4.78 is 0. The Hall–Kier alpha value is -1.26. The van der Waals surface area contributed by atoms with Crippen LogP contribution in [0.25, 0.3) is 0 Å². The van der Waals surface area contributed by atoms with Gasteiger partial charge in [-0.1, -0.05) is 5.16 Å². The topological polar surface area (TPSA) is 194 Å². The van der Waals surface area contributed by atoms with E-state index in [2.05, 4.69) is 15.5 Å². The van der Waals surface area contributed by atoms with E-state index in [4.69, 9.17) is 25.6 Å². The number of carbonyl (C=O) groups excluding carboxylic acids is 2. The van der Waals surface area contributed by atoms with Crippen LogP contribution in [-0.2, 0) is 28.9 Å². The van der Waals surface area contributed by atoms with Gasteiger partial charge in [-0.3, -0.25) is 14.4 Å². The summed E-state index contributed by atoms with van der Waals surface area (Å²) in [7, 11) is 0. The first kappa shape index (κ1) is 30.7. The molecule has 2 rings (SSSR count). The van der Waals surface area contributed by atoms with Crippen LogP contribution in [0.1, 0.15) is 33.4 Å². The Bertz CT molecular complexity index is 920. The number of hydroxylamine groups is 2. The largest absolute Gasteiger partial charge is 0.479 e. The fourth-order valence-electron chi connectivity index (χ4n) is 1.93. The molecule has 1 saturated heterocycles. The number of carboxylic acid groups (broad SMARTS) is 2. The Morgan fingerprint density at radius 3 is 2.22 bits per heavy atom. The van der Waals surface area contributed by atoms with E-state index in [0.717, 1.165) is 16.4 Å². The number of oxime groups is 1.